The Morgan fingerprint density at radius 3 is 2.56 bits per heavy atom. The van der Waals surface area contributed by atoms with Crippen molar-refractivity contribution in [2.75, 3.05) is 12.4 Å². The molecule has 1 heterocycles. The van der Waals surface area contributed by atoms with Crippen LogP contribution in [0.25, 0.3) is 33.3 Å². The standard InChI is InChI=1S/C28H23N3O4S/c1-3-16-8-11-24-22(12-16)30-27(35-24)20-10-9-19(15-23(20)32)29-28(36)31-26(33)21-13-17-6-4-5-7-18(17)14-25(21)34-2/h4-15,32H,3H2,1-2H3,(H2,29,31,33,36). The summed E-state index contributed by atoms with van der Waals surface area (Å²) >= 11 is 5.33. The molecule has 0 aliphatic rings. The highest BCUT2D eigenvalue weighted by Gasteiger charge is 2.17. The summed E-state index contributed by atoms with van der Waals surface area (Å²) < 4.78 is 11.2. The van der Waals surface area contributed by atoms with E-state index in [0.717, 1.165) is 28.3 Å². The van der Waals surface area contributed by atoms with E-state index in [-0.39, 0.29) is 10.9 Å². The summed E-state index contributed by atoms with van der Waals surface area (Å²) in [5.74, 6) is 0.323. The van der Waals surface area contributed by atoms with Crippen molar-refractivity contribution in [3.63, 3.8) is 0 Å². The first-order valence-corrected chi connectivity index (χ1v) is 11.8. The molecule has 1 aromatic heterocycles. The minimum Gasteiger partial charge on any atom is -0.507 e. The molecule has 0 bridgehead atoms. The third-order valence-corrected chi connectivity index (χ3v) is 6.09. The van der Waals surface area contributed by atoms with E-state index in [1.54, 1.807) is 18.2 Å². The average molecular weight is 498 g/mol. The Balaban J connectivity index is 1.32. The van der Waals surface area contributed by atoms with Gasteiger partial charge in [0.1, 0.15) is 17.0 Å². The zero-order chi connectivity index (χ0) is 25.2. The van der Waals surface area contributed by atoms with Gasteiger partial charge >= 0.3 is 0 Å². The molecule has 5 aromatic rings. The number of phenolic OH excluding ortho intramolecular Hbond substituents is 1. The van der Waals surface area contributed by atoms with Crippen molar-refractivity contribution in [2.24, 2.45) is 0 Å². The highest BCUT2D eigenvalue weighted by atomic mass is 32.1. The van der Waals surface area contributed by atoms with Crippen LogP contribution in [0.15, 0.2) is 77.2 Å². The van der Waals surface area contributed by atoms with Gasteiger partial charge in [0.05, 0.1) is 18.2 Å². The topological polar surface area (TPSA) is 96.6 Å². The van der Waals surface area contributed by atoms with Crippen LogP contribution in [-0.2, 0) is 6.42 Å². The number of aryl methyl sites for hydroxylation is 1. The maximum atomic E-state index is 12.9. The van der Waals surface area contributed by atoms with E-state index in [9.17, 15) is 9.90 Å². The lowest BCUT2D eigenvalue weighted by Crippen LogP contribution is -2.34. The van der Waals surface area contributed by atoms with Crippen LogP contribution in [0.1, 0.15) is 22.8 Å². The Labute approximate surface area is 212 Å². The number of rotatable bonds is 5. The van der Waals surface area contributed by atoms with Crippen LogP contribution in [0, 0.1) is 0 Å². The van der Waals surface area contributed by atoms with Gasteiger partial charge in [-0.05, 0) is 71.4 Å². The van der Waals surface area contributed by atoms with Crippen molar-refractivity contribution in [3.8, 4) is 23.0 Å². The lowest BCUT2D eigenvalue weighted by Gasteiger charge is -2.13. The monoisotopic (exact) mass is 497 g/mol. The Hall–Kier alpha value is -4.43. The van der Waals surface area contributed by atoms with Crippen LogP contribution >= 0.6 is 12.2 Å². The Morgan fingerprint density at radius 2 is 1.83 bits per heavy atom. The van der Waals surface area contributed by atoms with Gasteiger partial charge in [0, 0.05) is 11.8 Å². The molecule has 7 nitrogen and oxygen atoms in total. The maximum absolute atomic E-state index is 12.9. The van der Waals surface area contributed by atoms with Crippen LogP contribution in [0.4, 0.5) is 5.69 Å². The lowest BCUT2D eigenvalue weighted by molar-refractivity contribution is 0.0975. The zero-order valence-corrected chi connectivity index (χ0v) is 20.5. The van der Waals surface area contributed by atoms with Crippen LogP contribution in [0.3, 0.4) is 0 Å². The largest absolute Gasteiger partial charge is 0.507 e. The number of benzene rings is 4. The van der Waals surface area contributed by atoms with Crippen molar-refractivity contribution in [2.45, 2.75) is 13.3 Å². The van der Waals surface area contributed by atoms with Crippen molar-refractivity contribution in [3.05, 3.63) is 83.9 Å². The molecule has 36 heavy (non-hydrogen) atoms. The molecule has 3 N–H and O–H groups in total. The Morgan fingerprint density at radius 1 is 1.06 bits per heavy atom. The molecule has 0 atom stereocenters. The van der Waals surface area contributed by atoms with Gasteiger partial charge in [-0.15, -0.1) is 0 Å². The summed E-state index contributed by atoms with van der Waals surface area (Å²) in [6.45, 7) is 2.07. The quantitative estimate of drug-likeness (QED) is 0.254. The van der Waals surface area contributed by atoms with Crippen LogP contribution < -0.4 is 15.4 Å². The molecule has 0 aliphatic heterocycles. The number of oxazole rings is 1. The first-order valence-electron chi connectivity index (χ1n) is 11.4. The van der Waals surface area contributed by atoms with Gasteiger partial charge in [-0.25, -0.2) is 4.98 Å². The number of nitrogens with zero attached hydrogens (tertiary/aromatic N) is 1. The van der Waals surface area contributed by atoms with Crippen LogP contribution in [-0.4, -0.2) is 28.2 Å². The lowest BCUT2D eigenvalue weighted by atomic mass is 10.1. The molecule has 0 radical (unpaired) electrons. The molecule has 0 saturated heterocycles. The van der Waals surface area contributed by atoms with Crippen molar-refractivity contribution in [1.29, 1.82) is 0 Å². The molecule has 0 fully saturated rings. The van der Waals surface area contributed by atoms with Crippen molar-refractivity contribution in [1.82, 2.24) is 10.3 Å². The number of aromatic hydroxyl groups is 1. The number of nitrogens with one attached hydrogen (secondary N) is 2. The van der Waals surface area contributed by atoms with Gasteiger partial charge < -0.3 is 19.6 Å². The van der Waals surface area contributed by atoms with E-state index in [1.807, 2.05) is 48.5 Å². The number of hydrogen-bond donors (Lipinski definition) is 3. The van der Waals surface area contributed by atoms with Gasteiger partial charge in [-0.3, -0.25) is 10.1 Å². The second-order valence-electron chi connectivity index (χ2n) is 8.21. The number of carbonyl (C=O) groups is 1. The normalized spacial score (nSPS) is 10.9. The van der Waals surface area contributed by atoms with Crippen LogP contribution in [0.2, 0.25) is 0 Å². The van der Waals surface area contributed by atoms with Gasteiger partial charge in [-0.1, -0.05) is 37.3 Å². The van der Waals surface area contributed by atoms with Crippen LogP contribution in [0.5, 0.6) is 11.5 Å². The predicted octanol–water partition coefficient (Wildman–Crippen LogP) is 6.05. The number of ether oxygens (including phenoxy) is 1. The molecule has 4 aromatic carbocycles. The number of fused-ring (bicyclic) bond motifs is 2. The smallest absolute Gasteiger partial charge is 0.261 e. The fourth-order valence-electron chi connectivity index (χ4n) is 4.00. The number of thiocarbonyl (C=S) groups is 1. The minimum atomic E-state index is -0.408. The summed E-state index contributed by atoms with van der Waals surface area (Å²) in [4.78, 5) is 17.4. The summed E-state index contributed by atoms with van der Waals surface area (Å²) in [7, 11) is 1.52. The van der Waals surface area contributed by atoms with Gasteiger partial charge in [0.15, 0.2) is 10.7 Å². The fraction of sp³-hybridized carbons (Fsp3) is 0.107. The number of aromatic nitrogens is 1. The summed E-state index contributed by atoms with van der Waals surface area (Å²) in [5, 5.41) is 18.2. The molecule has 0 spiro atoms. The maximum Gasteiger partial charge on any atom is 0.261 e. The summed E-state index contributed by atoms with van der Waals surface area (Å²) in [6.07, 6.45) is 0.897. The molecular formula is C28H23N3O4S. The average Bonchev–Trinajstić information content (AvgIpc) is 3.30. The van der Waals surface area contributed by atoms with E-state index in [4.69, 9.17) is 21.4 Å². The third-order valence-electron chi connectivity index (χ3n) is 5.89. The predicted molar refractivity (Wildman–Crippen MR) is 145 cm³/mol. The SMILES string of the molecule is CCc1ccc2oc(-c3ccc(NC(=S)NC(=O)c4cc5ccccc5cc4OC)cc3O)nc2c1. The molecule has 8 heteroatoms. The fourth-order valence-corrected chi connectivity index (χ4v) is 4.21. The number of amides is 1. The molecule has 0 aliphatic carbocycles. The molecular weight excluding hydrogens is 474 g/mol. The van der Waals surface area contributed by atoms with E-state index >= 15 is 0 Å². The van der Waals surface area contributed by atoms with Gasteiger partial charge in [-0.2, -0.15) is 0 Å². The van der Waals surface area contributed by atoms with Gasteiger partial charge in [0.2, 0.25) is 5.89 Å². The number of hydrogen-bond acceptors (Lipinski definition) is 6. The molecule has 0 unspecified atom stereocenters. The second-order valence-corrected chi connectivity index (χ2v) is 8.62. The number of methoxy groups -OCH3 is 1. The van der Waals surface area contributed by atoms with E-state index in [2.05, 4.69) is 22.5 Å². The van der Waals surface area contributed by atoms with E-state index < -0.39 is 5.91 Å². The van der Waals surface area contributed by atoms with Crippen molar-refractivity contribution < 1.29 is 19.1 Å². The highest BCUT2D eigenvalue weighted by Crippen LogP contribution is 2.33. The zero-order valence-electron chi connectivity index (χ0n) is 19.7. The van der Waals surface area contributed by atoms with Gasteiger partial charge in [0.25, 0.3) is 5.91 Å². The molecule has 1 amide bonds. The summed E-state index contributed by atoms with van der Waals surface area (Å²) in [6, 6.07) is 22.0. The molecule has 180 valence electrons. The van der Waals surface area contributed by atoms with Crippen molar-refractivity contribution >= 4 is 50.8 Å². The number of carbonyl (C=O) groups excluding carboxylic acids is 1. The second kappa shape index (κ2) is 9.67. The third kappa shape index (κ3) is 4.58. The number of phenols is 1. The number of anilines is 1. The highest BCUT2D eigenvalue weighted by molar-refractivity contribution is 7.80. The Kier molecular flexibility index (Phi) is 6.26. The molecule has 5 rings (SSSR count). The summed E-state index contributed by atoms with van der Waals surface area (Å²) in [5.41, 5.74) is 3.85. The molecule has 0 saturated carbocycles. The van der Waals surface area contributed by atoms with E-state index in [0.29, 0.717) is 34.0 Å². The van der Waals surface area contributed by atoms with E-state index in [1.165, 1.54) is 13.2 Å². The first kappa shape index (κ1) is 23.3. The Bertz CT molecular complexity index is 1630. The first-order chi connectivity index (χ1) is 17.4. The minimum absolute atomic E-state index is 0.0346.